The number of amides is 1. The molecule has 0 bridgehead atoms. The molecular weight excluding hydrogens is 262 g/mol. The molecule has 0 aliphatic heterocycles. The van der Waals surface area contributed by atoms with Gasteiger partial charge in [-0.3, -0.25) is 4.79 Å². The number of fused-ring (bicyclic) bond motifs is 1. The molecule has 1 N–H and O–H groups in total. The Kier molecular flexibility index (Phi) is 3.44. The summed E-state index contributed by atoms with van der Waals surface area (Å²) in [6.07, 6.45) is 6.18. The lowest BCUT2D eigenvalue weighted by Crippen LogP contribution is -2.14. The van der Waals surface area contributed by atoms with E-state index >= 15 is 0 Å². The number of anilines is 1. The van der Waals surface area contributed by atoms with Crippen LogP contribution in [0.25, 0.3) is 5.52 Å². The number of rotatable bonds is 3. The van der Waals surface area contributed by atoms with Crippen molar-refractivity contribution in [2.45, 2.75) is 20.3 Å². The van der Waals surface area contributed by atoms with Gasteiger partial charge in [0, 0.05) is 17.4 Å². The summed E-state index contributed by atoms with van der Waals surface area (Å²) >= 11 is 0. The summed E-state index contributed by atoms with van der Waals surface area (Å²) in [6.45, 7) is 4.09. The Morgan fingerprint density at radius 2 is 2.19 bits per heavy atom. The average molecular weight is 279 g/mol. The summed E-state index contributed by atoms with van der Waals surface area (Å²) in [5.41, 5.74) is 4.68. The van der Waals surface area contributed by atoms with Gasteiger partial charge in [0.15, 0.2) is 0 Å². The Morgan fingerprint density at radius 3 is 3.00 bits per heavy atom. The van der Waals surface area contributed by atoms with Crippen molar-refractivity contribution >= 4 is 17.1 Å². The average Bonchev–Trinajstić information content (AvgIpc) is 2.96. The molecule has 0 saturated carbocycles. The van der Waals surface area contributed by atoms with Crippen molar-refractivity contribution < 1.29 is 4.79 Å². The highest BCUT2D eigenvalue weighted by molar-refractivity contribution is 6.05. The molecule has 2 aromatic heterocycles. The fourth-order valence-corrected chi connectivity index (χ4v) is 2.45. The number of aryl methyl sites for hydroxylation is 2. The van der Waals surface area contributed by atoms with E-state index in [1.165, 1.54) is 0 Å². The summed E-state index contributed by atoms with van der Waals surface area (Å²) in [4.78, 5) is 16.5. The quantitative estimate of drug-likeness (QED) is 0.798. The fraction of sp³-hybridized carbons (Fsp3) is 0.176. The van der Waals surface area contributed by atoms with Crippen LogP contribution in [0.4, 0.5) is 5.69 Å². The van der Waals surface area contributed by atoms with E-state index in [-0.39, 0.29) is 5.91 Å². The monoisotopic (exact) mass is 279 g/mol. The first-order valence-corrected chi connectivity index (χ1v) is 7.00. The van der Waals surface area contributed by atoms with E-state index in [0.717, 1.165) is 28.8 Å². The highest BCUT2D eigenvalue weighted by Crippen LogP contribution is 2.22. The van der Waals surface area contributed by atoms with Crippen molar-refractivity contribution in [1.82, 2.24) is 9.38 Å². The lowest BCUT2D eigenvalue weighted by molar-refractivity contribution is 0.102. The number of benzene rings is 1. The van der Waals surface area contributed by atoms with Gasteiger partial charge in [0.25, 0.3) is 5.91 Å². The Labute approximate surface area is 123 Å². The second-order valence-corrected chi connectivity index (χ2v) is 5.06. The van der Waals surface area contributed by atoms with Crippen LogP contribution in [0.3, 0.4) is 0 Å². The van der Waals surface area contributed by atoms with Crippen molar-refractivity contribution in [2.75, 3.05) is 5.32 Å². The second kappa shape index (κ2) is 5.40. The maximum Gasteiger partial charge on any atom is 0.255 e. The van der Waals surface area contributed by atoms with Crippen molar-refractivity contribution in [1.29, 1.82) is 0 Å². The number of hydrogen-bond donors (Lipinski definition) is 1. The van der Waals surface area contributed by atoms with E-state index < -0.39 is 0 Å². The standard InChI is InChI=1S/C17H17N3O/c1-3-13-6-4-5-12(2)16(13)19-17(21)14-7-8-20-11-18-10-15(20)9-14/h4-11H,3H2,1-2H3,(H,19,21). The van der Waals surface area contributed by atoms with Crippen LogP contribution in [0.15, 0.2) is 49.1 Å². The van der Waals surface area contributed by atoms with Crippen LogP contribution in [0.1, 0.15) is 28.4 Å². The molecule has 3 rings (SSSR count). The highest BCUT2D eigenvalue weighted by atomic mass is 16.1. The lowest BCUT2D eigenvalue weighted by atomic mass is 10.1. The Morgan fingerprint density at radius 1 is 1.33 bits per heavy atom. The molecule has 0 unspecified atom stereocenters. The van der Waals surface area contributed by atoms with E-state index in [1.807, 2.05) is 41.8 Å². The van der Waals surface area contributed by atoms with Crippen LogP contribution < -0.4 is 5.32 Å². The van der Waals surface area contributed by atoms with Gasteiger partial charge in [-0.25, -0.2) is 4.98 Å². The molecule has 0 fully saturated rings. The summed E-state index contributed by atoms with van der Waals surface area (Å²) < 4.78 is 1.88. The Bertz CT molecular complexity index is 805. The van der Waals surface area contributed by atoms with E-state index in [0.29, 0.717) is 5.56 Å². The maximum atomic E-state index is 12.5. The third-order valence-corrected chi connectivity index (χ3v) is 3.65. The van der Waals surface area contributed by atoms with E-state index in [1.54, 1.807) is 18.6 Å². The molecular formula is C17H17N3O. The lowest BCUT2D eigenvalue weighted by Gasteiger charge is -2.13. The topological polar surface area (TPSA) is 46.4 Å². The van der Waals surface area contributed by atoms with Crippen molar-refractivity contribution in [3.05, 3.63) is 65.7 Å². The number of carbonyl (C=O) groups is 1. The first-order chi connectivity index (χ1) is 10.2. The largest absolute Gasteiger partial charge is 0.321 e. The zero-order valence-electron chi connectivity index (χ0n) is 12.1. The predicted octanol–water partition coefficient (Wildman–Crippen LogP) is 3.46. The molecule has 106 valence electrons. The molecule has 4 heteroatoms. The third kappa shape index (κ3) is 2.52. The molecule has 21 heavy (non-hydrogen) atoms. The normalized spacial score (nSPS) is 10.8. The summed E-state index contributed by atoms with van der Waals surface area (Å²) in [6, 6.07) is 9.71. The van der Waals surface area contributed by atoms with Gasteiger partial charge in [-0.05, 0) is 36.6 Å². The minimum atomic E-state index is -0.0947. The van der Waals surface area contributed by atoms with Crippen LogP contribution in [0, 0.1) is 6.92 Å². The van der Waals surface area contributed by atoms with Gasteiger partial charge in [-0.15, -0.1) is 0 Å². The smallest absolute Gasteiger partial charge is 0.255 e. The van der Waals surface area contributed by atoms with Crippen LogP contribution in [-0.2, 0) is 6.42 Å². The van der Waals surface area contributed by atoms with Crippen molar-refractivity contribution in [3.63, 3.8) is 0 Å². The first kappa shape index (κ1) is 13.4. The van der Waals surface area contributed by atoms with Gasteiger partial charge < -0.3 is 9.72 Å². The molecule has 0 aliphatic rings. The second-order valence-electron chi connectivity index (χ2n) is 5.06. The molecule has 0 atom stereocenters. The minimum absolute atomic E-state index is 0.0947. The number of hydrogen-bond acceptors (Lipinski definition) is 2. The minimum Gasteiger partial charge on any atom is -0.321 e. The van der Waals surface area contributed by atoms with Crippen LogP contribution >= 0.6 is 0 Å². The zero-order valence-corrected chi connectivity index (χ0v) is 12.1. The molecule has 0 aliphatic carbocycles. The maximum absolute atomic E-state index is 12.5. The number of carbonyl (C=O) groups excluding carboxylic acids is 1. The van der Waals surface area contributed by atoms with Crippen LogP contribution in [0.5, 0.6) is 0 Å². The van der Waals surface area contributed by atoms with Crippen LogP contribution in [-0.4, -0.2) is 15.3 Å². The summed E-state index contributed by atoms with van der Waals surface area (Å²) in [5.74, 6) is -0.0947. The number of imidazole rings is 1. The molecule has 0 spiro atoms. The first-order valence-electron chi connectivity index (χ1n) is 7.00. The predicted molar refractivity (Wildman–Crippen MR) is 83.7 cm³/mol. The molecule has 1 aromatic carbocycles. The van der Waals surface area contributed by atoms with Crippen molar-refractivity contribution in [2.24, 2.45) is 0 Å². The highest BCUT2D eigenvalue weighted by Gasteiger charge is 2.11. The van der Waals surface area contributed by atoms with Gasteiger partial charge in [0.2, 0.25) is 0 Å². The molecule has 4 nitrogen and oxygen atoms in total. The molecule has 2 heterocycles. The number of aromatic nitrogens is 2. The van der Waals surface area contributed by atoms with E-state index in [4.69, 9.17) is 0 Å². The summed E-state index contributed by atoms with van der Waals surface area (Å²) in [7, 11) is 0. The number of pyridine rings is 1. The zero-order chi connectivity index (χ0) is 14.8. The molecule has 0 saturated heterocycles. The number of para-hydroxylation sites is 1. The van der Waals surface area contributed by atoms with Crippen molar-refractivity contribution in [3.8, 4) is 0 Å². The Hall–Kier alpha value is -2.62. The fourth-order valence-electron chi connectivity index (χ4n) is 2.45. The summed E-state index contributed by atoms with van der Waals surface area (Å²) in [5, 5.41) is 3.03. The molecule has 3 aromatic rings. The van der Waals surface area contributed by atoms with Gasteiger partial charge in [-0.2, -0.15) is 0 Å². The molecule has 1 amide bonds. The Balaban J connectivity index is 1.92. The van der Waals surface area contributed by atoms with Gasteiger partial charge >= 0.3 is 0 Å². The molecule has 0 radical (unpaired) electrons. The van der Waals surface area contributed by atoms with Gasteiger partial charge in [-0.1, -0.05) is 25.1 Å². The SMILES string of the molecule is CCc1cccc(C)c1NC(=O)c1ccn2cncc2c1. The van der Waals surface area contributed by atoms with Gasteiger partial charge in [0.1, 0.15) is 0 Å². The van der Waals surface area contributed by atoms with Crippen LogP contribution in [0.2, 0.25) is 0 Å². The number of nitrogens with zero attached hydrogens (tertiary/aromatic N) is 2. The van der Waals surface area contributed by atoms with Gasteiger partial charge in [0.05, 0.1) is 18.0 Å². The number of nitrogens with one attached hydrogen (secondary N) is 1. The van der Waals surface area contributed by atoms with E-state index in [2.05, 4.69) is 17.2 Å². The third-order valence-electron chi connectivity index (χ3n) is 3.65. The van der Waals surface area contributed by atoms with E-state index in [9.17, 15) is 4.79 Å².